The van der Waals surface area contributed by atoms with Crippen LogP contribution in [0.1, 0.15) is 57.2 Å². The van der Waals surface area contributed by atoms with Crippen molar-refractivity contribution in [2.24, 2.45) is 11.1 Å². The van der Waals surface area contributed by atoms with Crippen LogP contribution >= 0.6 is 0 Å². The second-order valence-electron chi connectivity index (χ2n) is 5.99. The minimum Gasteiger partial charge on any atom is -0.348 e. The van der Waals surface area contributed by atoms with Crippen LogP contribution in [0.15, 0.2) is 24.4 Å². The number of hydrogen-bond donors (Lipinski definition) is 2. The Labute approximate surface area is 121 Å². The highest BCUT2D eigenvalue weighted by atomic mass is 16.1. The van der Waals surface area contributed by atoms with E-state index in [-0.39, 0.29) is 17.4 Å². The number of amides is 1. The smallest absolute Gasteiger partial charge is 0.221 e. The first-order valence-corrected chi connectivity index (χ1v) is 7.56. The Morgan fingerprint density at radius 2 is 2.15 bits per heavy atom. The van der Waals surface area contributed by atoms with Crippen molar-refractivity contribution < 1.29 is 4.79 Å². The molecule has 0 bridgehead atoms. The monoisotopic (exact) mass is 275 g/mol. The van der Waals surface area contributed by atoms with Crippen LogP contribution in [-0.2, 0) is 4.79 Å². The van der Waals surface area contributed by atoms with Gasteiger partial charge in [0.05, 0.1) is 11.7 Å². The molecular weight excluding hydrogens is 250 g/mol. The number of aromatic nitrogens is 1. The molecule has 0 unspecified atom stereocenters. The first-order valence-electron chi connectivity index (χ1n) is 7.56. The quantitative estimate of drug-likeness (QED) is 0.867. The van der Waals surface area contributed by atoms with Crippen LogP contribution in [0.5, 0.6) is 0 Å². The molecule has 1 aromatic rings. The molecule has 110 valence electrons. The summed E-state index contributed by atoms with van der Waals surface area (Å²) in [5.41, 5.74) is 6.85. The van der Waals surface area contributed by atoms with Gasteiger partial charge in [-0.1, -0.05) is 25.3 Å². The predicted octanol–water partition coefficient (Wildman–Crippen LogP) is 2.56. The highest BCUT2D eigenvalue weighted by Gasteiger charge is 2.33. The van der Waals surface area contributed by atoms with Crippen LogP contribution < -0.4 is 11.1 Å². The van der Waals surface area contributed by atoms with Gasteiger partial charge in [0.1, 0.15) is 0 Å². The van der Waals surface area contributed by atoms with E-state index in [1.807, 2.05) is 25.1 Å². The molecule has 0 aromatic carbocycles. The molecule has 4 heteroatoms. The first kappa shape index (κ1) is 15.0. The van der Waals surface area contributed by atoms with E-state index in [1.54, 1.807) is 6.20 Å². The van der Waals surface area contributed by atoms with E-state index < -0.39 is 0 Å². The fraction of sp³-hybridized carbons (Fsp3) is 0.625. The largest absolute Gasteiger partial charge is 0.348 e. The van der Waals surface area contributed by atoms with Crippen LogP contribution in [0.2, 0.25) is 0 Å². The SMILES string of the molecule is C[C@@H](NC(=O)CC1(CN)CCCCC1)c1ccccn1. The van der Waals surface area contributed by atoms with Gasteiger partial charge in [-0.3, -0.25) is 9.78 Å². The summed E-state index contributed by atoms with van der Waals surface area (Å²) >= 11 is 0. The zero-order chi connectivity index (χ0) is 14.4. The molecule has 1 aliphatic carbocycles. The standard InChI is InChI=1S/C16H25N3O/c1-13(14-7-3-6-10-18-14)19-15(20)11-16(12-17)8-4-2-5-9-16/h3,6-7,10,13H,2,4-5,8-9,11-12,17H2,1H3,(H,19,20)/t13-/m1/s1. The summed E-state index contributed by atoms with van der Waals surface area (Å²) in [4.78, 5) is 16.5. The molecule has 1 aromatic heterocycles. The molecule has 1 amide bonds. The van der Waals surface area contributed by atoms with E-state index >= 15 is 0 Å². The van der Waals surface area contributed by atoms with Crippen molar-refractivity contribution in [1.82, 2.24) is 10.3 Å². The first-order chi connectivity index (χ1) is 9.65. The summed E-state index contributed by atoms with van der Waals surface area (Å²) < 4.78 is 0. The molecule has 20 heavy (non-hydrogen) atoms. The lowest BCUT2D eigenvalue weighted by Gasteiger charge is -2.36. The highest BCUT2D eigenvalue weighted by Crippen LogP contribution is 2.38. The van der Waals surface area contributed by atoms with E-state index in [1.165, 1.54) is 19.3 Å². The number of hydrogen-bond acceptors (Lipinski definition) is 3. The summed E-state index contributed by atoms with van der Waals surface area (Å²) in [5.74, 6) is 0.0931. The van der Waals surface area contributed by atoms with Gasteiger partial charge in [0, 0.05) is 12.6 Å². The van der Waals surface area contributed by atoms with E-state index in [9.17, 15) is 4.79 Å². The molecule has 2 rings (SSSR count). The minimum absolute atomic E-state index is 0.0200. The number of carbonyl (C=O) groups is 1. The van der Waals surface area contributed by atoms with Gasteiger partial charge in [-0.2, -0.15) is 0 Å². The lowest BCUT2D eigenvalue weighted by atomic mass is 9.71. The lowest BCUT2D eigenvalue weighted by Crippen LogP contribution is -2.39. The van der Waals surface area contributed by atoms with Gasteiger partial charge in [0.15, 0.2) is 0 Å². The van der Waals surface area contributed by atoms with Crippen molar-refractivity contribution in [3.8, 4) is 0 Å². The number of pyridine rings is 1. The third kappa shape index (κ3) is 3.79. The molecule has 1 aliphatic rings. The van der Waals surface area contributed by atoms with Gasteiger partial charge >= 0.3 is 0 Å². The molecule has 0 spiro atoms. The van der Waals surface area contributed by atoms with Gasteiger partial charge in [0.2, 0.25) is 5.91 Å². The Morgan fingerprint density at radius 3 is 2.75 bits per heavy atom. The normalized spacial score (nSPS) is 19.3. The minimum atomic E-state index is -0.0536. The van der Waals surface area contributed by atoms with Crippen molar-refractivity contribution in [2.75, 3.05) is 6.54 Å². The maximum Gasteiger partial charge on any atom is 0.221 e. The Kier molecular flexibility index (Phi) is 5.12. The Morgan fingerprint density at radius 1 is 1.40 bits per heavy atom. The number of rotatable bonds is 5. The Hall–Kier alpha value is -1.42. The second-order valence-corrected chi connectivity index (χ2v) is 5.99. The third-order valence-corrected chi connectivity index (χ3v) is 4.39. The van der Waals surface area contributed by atoms with Gasteiger partial charge in [-0.15, -0.1) is 0 Å². The second kappa shape index (κ2) is 6.84. The van der Waals surface area contributed by atoms with Crippen molar-refractivity contribution in [1.29, 1.82) is 0 Å². The lowest BCUT2D eigenvalue weighted by molar-refractivity contribution is -0.124. The maximum absolute atomic E-state index is 12.3. The Bertz CT molecular complexity index is 427. The van der Waals surface area contributed by atoms with Gasteiger partial charge in [-0.05, 0) is 43.9 Å². The molecule has 1 fully saturated rings. The summed E-state index contributed by atoms with van der Waals surface area (Å²) in [7, 11) is 0. The molecule has 0 radical (unpaired) electrons. The number of nitrogens with two attached hydrogens (primary N) is 1. The van der Waals surface area contributed by atoms with Crippen molar-refractivity contribution in [2.45, 2.75) is 51.5 Å². The zero-order valence-corrected chi connectivity index (χ0v) is 12.3. The fourth-order valence-corrected chi connectivity index (χ4v) is 3.09. The summed E-state index contributed by atoms with van der Waals surface area (Å²) in [6, 6.07) is 5.70. The number of carbonyl (C=O) groups excluding carboxylic acids is 1. The average molecular weight is 275 g/mol. The van der Waals surface area contributed by atoms with Crippen molar-refractivity contribution in [3.63, 3.8) is 0 Å². The molecular formula is C16H25N3O. The third-order valence-electron chi connectivity index (χ3n) is 4.39. The van der Waals surface area contributed by atoms with E-state index in [0.29, 0.717) is 13.0 Å². The molecule has 3 N–H and O–H groups in total. The van der Waals surface area contributed by atoms with E-state index in [0.717, 1.165) is 18.5 Å². The Balaban J connectivity index is 1.91. The van der Waals surface area contributed by atoms with Crippen molar-refractivity contribution in [3.05, 3.63) is 30.1 Å². The van der Waals surface area contributed by atoms with E-state index in [2.05, 4.69) is 10.3 Å². The number of nitrogens with one attached hydrogen (secondary N) is 1. The fourth-order valence-electron chi connectivity index (χ4n) is 3.09. The van der Waals surface area contributed by atoms with Crippen molar-refractivity contribution >= 4 is 5.91 Å². The zero-order valence-electron chi connectivity index (χ0n) is 12.3. The molecule has 1 heterocycles. The predicted molar refractivity (Wildman–Crippen MR) is 80.0 cm³/mol. The molecule has 4 nitrogen and oxygen atoms in total. The van der Waals surface area contributed by atoms with Crippen LogP contribution in [0.4, 0.5) is 0 Å². The van der Waals surface area contributed by atoms with Gasteiger partial charge in [0.25, 0.3) is 0 Å². The maximum atomic E-state index is 12.3. The highest BCUT2D eigenvalue weighted by molar-refractivity contribution is 5.77. The van der Waals surface area contributed by atoms with Gasteiger partial charge in [-0.25, -0.2) is 0 Å². The molecule has 1 saturated carbocycles. The van der Waals surface area contributed by atoms with Crippen LogP contribution in [0.25, 0.3) is 0 Å². The molecule has 1 atom stereocenters. The summed E-state index contributed by atoms with van der Waals surface area (Å²) in [6.07, 6.45) is 8.11. The molecule has 0 saturated heterocycles. The average Bonchev–Trinajstić information content (AvgIpc) is 2.49. The summed E-state index contributed by atoms with van der Waals surface area (Å²) in [6.45, 7) is 2.58. The van der Waals surface area contributed by atoms with Crippen LogP contribution in [0.3, 0.4) is 0 Å². The van der Waals surface area contributed by atoms with E-state index in [4.69, 9.17) is 5.73 Å². The van der Waals surface area contributed by atoms with Crippen LogP contribution in [0, 0.1) is 5.41 Å². The summed E-state index contributed by atoms with van der Waals surface area (Å²) in [5, 5.41) is 3.05. The molecule has 0 aliphatic heterocycles. The van der Waals surface area contributed by atoms with Gasteiger partial charge < -0.3 is 11.1 Å². The van der Waals surface area contributed by atoms with Crippen LogP contribution in [-0.4, -0.2) is 17.4 Å². The number of nitrogens with zero attached hydrogens (tertiary/aromatic N) is 1. The topological polar surface area (TPSA) is 68.0 Å².